The SMILES string of the molecule is Cc1cccc2c1S(=O)(=O)C(CS(=O)(=O)C(C)C)=C2. The summed E-state index contributed by atoms with van der Waals surface area (Å²) in [5, 5.41) is -0.589. The predicted molar refractivity (Wildman–Crippen MR) is 75.3 cm³/mol. The molecule has 0 spiro atoms. The largest absolute Gasteiger partial charge is 0.228 e. The highest BCUT2D eigenvalue weighted by atomic mass is 32.2. The van der Waals surface area contributed by atoms with Gasteiger partial charge in [0.05, 0.1) is 20.8 Å². The van der Waals surface area contributed by atoms with Crippen molar-refractivity contribution in [3.63, 3.8) is 0 Å². The number of fused-ring (bicyclic) bond motifs is 1. The molecule has 1 aromatic carbocycles. The molecule has 2 rings (SSSR count). The molecular formula is C13H16O4S2. The smallest absolute Gasteiger partial charge is 0.204 e. The molecule has 1 aliphatic heterocycles. The molecule has 0 bridgehead atoms. The summed E-state index contributed by atoms with van der Waals surface area (Å²) in [6, 6.07) is 5.17. The first-order chi connectivity index (χ1) is 8.66. The Kier molecular flexibility index (Phi) is 3.35. The Morgan fingerprint density at radius 3 is 2.37 bits per heavy atom. The molecule has 0 amide bonds. The van der Waals surface area contributed by atoms with Gasteiger partial charge in [-0.3, -0.25) is 0 Å². The van der Waals surface area contributed by atoms with Crippen LogP contribution >= 0.6 is 0 Å². The van der Waals surface area contributed by atoms with E-state index >= 15 is 0 Å². The van der Waals surface area contributed by atoms with E-state index in [0.717, 1.165) is 0 Å². The van der Waals surface area contributed by atoms with Crippen LogP contribution in [0.5, 0.6) is 0 Å². The van der Waals surface area contributed by atoms with Crippen molar-refractivity contribution in [2.75, 3.05) is 5.75 Å². The van der Waals surface area contributed by atoms with Crippen LogP contribution in [0.25, 0.3) is 6.08 Å². The molecule has 4 nitrogen and oxygen atoms in total. The number of sulfone groups is 2. The van der Waals surface area contributed by atoms with Crippen molar-refractivity contribution in [1.82, 2.24) is 0 Å². The number of hydrogen-bond donors (Lipinski definition) is 0. The summed E-state index contributed by atoms with van der Waals surface area (Å²) in [6.45, 7) is 4.82. The van der Waals surface area contributed by atoms with Gasteiger partial charge in [0.1, 0.15) is 0 Å². The van der Waals surface area contributed by atoms with Crippen molar-refractivity contribution in [2.45, 2.75) is 30.9 Å². The molecule has 0 unspecified atom stereocenters. The van der Waals surface area contributed by atoms with Crippen LogP contribution in [0.15, 0.2) is 28.0 Å². The topological polar surface area (TPSA) is 68.3 Å². The van der Waals surface area contributed by atoms with Crippen molar-refractivity contribution in [1.29, 1.82) is 0 Å². The van der Waals surface area contributed by atoms with E-state index in [1.807, 2.05) is 0 Å². The standard InChI is InChI=1S/C13H16O4S2/c1-9(2)18(14,15)8-12-7-11-6-4-5-10(3)13(11)19(12,16)17/h4-7,9H,8H2,1-3H3. The van der Waals surface area contributed by atoms with Gasteiger partial charge in [-0.1, -0.05) is 18.2 Å². The summed E-state index contributed by atoms with van der Waals surface area (Å²) in [6.07, 6.45) is 1.47. The molecule has 0 saturated heterocycles. The molecule has 0 N–H and O–H groups in total. The van der Waals surface area contributed by atoms with Crippen LogP contribution < -0.4 is 0 Å². The minimum absolute atomic E-state index is 0.0227. The van der Waals surface area contributed by atoms with Crippen LogP contribution in [0.2, 0.25) is 0 Å². The second-order valence-electron chi connectivity index (χ2n) is 4.96. The van der Waals surface area contributed by atoms with Gasteiger partial charge in [-0.25, -0.2) is 16.8 Å². The molecule has 0 radical (unpaired) electrons. The molecule has 0 saturated carbocycles. The number of rotatable bonds is 3. The number of aryl methyl sites for hydroxylation is 1. The highest BCUT2D eigenvalue weighted by Crippen LogP contribution is 2.35. The highest BCUT2D eigenvalue weighted by molar-refractivity contribution is 7.98. The van der Waals surface area contributed by atoms with Crippen molar-refractivity contribution >= 4 is 25.8 Å². The molecular weight excluding hydrogens is 284 g/mol. The zero-order valence-corrected chi connectivity index (χ0v) is 12.7. The predicted octanol–water partition coefficient (Wildman–Crippen LogP) is 1.95. The maximum atomic E-state index is 12.4. The van der Waals surface area contributed by atoms with Crippen molar-refractivity contribution in [3.05, 3.63) is 34.2 Å². The van der Waals surface area contributed by atoms with Crippen molar-refractivity contribution in [2.24, 2.45) is 0 Å². The van der Waals surface area contributed by atoms with Crippen LogP contribution in [-0.2, 0) is 19.7 Å². The Balaban J connectivity index is 2.52. The minimum Gasteiger partial charge on any atom is -0.228 e. The molecule has 6 heteroatoms. The van der Waals surface area contributed by atoms with Gasteiger partial charge in [-0.2, -0.15) is 0 Å². The van der Waals surface area contributed by atoms with E-state index in [-0.39, 0.29) is 9.80 Å². The first kappa shape index (κ1) is 14.3. The maximum absolute atomic E-state index is 12.4. The molecule has 0 aliphatic carbocycles. The van der Waals surface area contributed by atoms with Crippen LogP contribution in [0, 0.1) is 6.92 Å². The first-order valence-electron chi connectivity index (χ1n) is 5.93. The Morgan fingerprint density at radius 2 is 1.84 bits per heavy atom. The average molecular weight is 300 g/mol. The van der Waals surface area contributed by atoms with Gasteiger partial charge in [0.25, 0.3) is 0 Å². The quantitative estimate of drug-likeness (QED) is 0.855. The lowest BCUT2D eigenvalue weighted by molar-refractivity contribution is 0.587. The van der Waals surface area contributed by atoms with E-state index in [4.69, 9.17) is 0 Å². The third-order valence-electron chi connectivity index (χ3n) is 3.23. The Hall–Kier alpha value is -1.14. The molecule has 1 aliphatic rings. The maximum Gasteiger partial charge on any atom is 0.204 e. The minimum atomic E-state index is -3.66. The molecule has 0 fully saturated rings. The lowest BCUT2D eigenvalue weighted by Crippen LogP contribution is -2.21. The van der Waals surface area contributed by atoms with Crippen LogP contribution in [-0.4, -0.2) is 27.8 Å². The fourth-order valence-corrected chi connectivity index (χ4v) is 5.42. The van der Waals surface area contributed by atoms with Gasteiger partial charge < -0.3 is 0 Å². The second-order valence-corrected chi connectivity index (χ2v) is 9.46. The second kappa shape index (κ2) is 4.45. The molecule has 19 heavy (non-hydrogen) atoms. The van der Waals surface area contributed by atoms with E-state index < -0.39 is 30.7 Å². The summed E-state index contributed by atoms with van der Waals surface area (Å²) in [5.74, 6) is -0.429. The van der Waals surface area contributed by atoms with E-state index in [2.05, 4.69) is 0 Å². The van der Waals surface area contributed by atoms with E-state index in [9.17, 15) is 16.8 Å². The van der Waals surface area contributed by atoms with Gasteiger partial charge in [0, 0.05) is 0 Å². The normalized spacial score (nSPS) is 17.4. The van der Waals surface area contributed by atoms with Gasteiger partial charge >= 0.3 is 0 Å². The average Bonchev–Trinajstić information content (AvgIpc) is 2.51. The van der Waals surface area contributed by atoms with Crippen LogP contribution in [0.4, 0.5) is 0 Å². The molecule has 1 aromatic rings. The molecule has 1 heterocycles. The zero-order chi connectivity index (χ0) is 14.4. The third kappa shape index (κ3) is 2.34. The summed E-state index contributed by atoms with van der Waals surface area (Å²) in [4.78, 5) is 0.217. The van der Waals surface area contributed by atoms with Gasteiger partial charge in [-0.05, 0) is 38.0 Å². The monoisotopic (exact) mass is 300 g/mol. The molecule has 104 valence electrons. The van der Waals surface area contributed by atoms with Gasteiger partial charge in [0.15, 0.2) is 9.84 Å². The summed E-state index contributed by atoms with van der Waals surface area (Å²) >= 11 is 0. The first-order valence-corrected chi connectivity index (χ1v) is 9.13. The Labute approximate surface area is 114 Å². The van der Waals surface area contributed by atoms with Crippen LogP contribution in [0.3, 0.4) is 0 Å². The highest BCUT2D eigenvalue weighted by Gasteiger charge is 2.34. The van der Waals surface area contributed by atoms with E-state index in [1.165, 1.54) is 6.08 Å². The van der Waals surface area contributed by atoms with E-state index in [0.29, 0.717) is 11.1 Å². The lowest BCUT2D eigenvalue weighted by atomic mass is 10.1. The lowest BCUT2D eigenvalue weighted by Gasteiger charge is -2.09. The fraction of sp³-hybridized carbons (Fsp3) is 0.385. The summed E-state index contributed by atoms with van der Waals surface area (Å²) in [7, 11) is -7.09. The fourth-order valence-electron chi connectivity index (χ4n) is 2.02. The van der Waals surface area contributed by atoms with Crippen molar-refractivity contribution < 1.29 is 16.8 Å². The summed E-state index contributed by atoms with van der Waals surface area (Å²) < 4.78 is 48.6. The van der Waals surface area contributed by atoms with Crippen LogP contribution in [0.1, 0.15) is 25.0 Å². The Bertz CT molecular complexity index is 754. The third-order valence-corrected chi connectivity index (χ3v) is 7.61. The van der Waals surface area contributed by atoms with E-state index in [1.54, 1.807) is 39.0 Å². The zero-order valence-electron chi connectivity index (χ0n) is 11.0. The Morgan fingerprint density at radius 1 is 1.21 bits per heavy atom. The molecule has 0 aromatic heterocycles. The van der Waals surface area contributed by atoms with Crippen molar-refractivity contribution in [3.8, 4) is 0 Å². The molecule has 0 atom stereocenters. The van der Waals surface area contributed by atoms with Gasteiger partial charge in [-0.15, -0.1) is 0 Å². The van der Waals surface area contributed by atoms with Gasteiger partial charge in [0.2, 0.25) is 9.84 Å². The number of benzene rings is 1. The number of hydrogen-bond acceptors (Lipinski definition) is 4. The summed E-state index contributed by atoms with van der Waals surface area (Å²) in [5.41, 5.74) is 1.22.